The molecule has 0 fully saturated rings. The molecule has 0 bridgehead atoms. The third-order valence-electron chi connectivity index (χ3n) is 16.3. The van der Waals surface area contributed by atoms with Crippen LogP contribution in [0.25, 0.3) is 0 Å². The minimum Gasteiger partial charge on any atom is -0.462 e. The molecule has 19 heteroatoms. The number of hydrogen-bond acceptors (Lipinski definition) is 15. The Morgan fingerprint density at radius 2 is 0.467 bits per heavy atom. The Hall–Kier alpha value is -1.94. The van der Waals surface area contributed by atoms with E-state index >= 15 is 0 Å². The van der Waals surface area contributed by atoms with Crippen molar-refractivity contribution in [2.24, 2.45) is 23.7 Å². The Morgan fingerprint density at radius 1 is 0.278 bits per heavy atom. The smallest absolute Gasteiger partial charge is 0.462 e. The van der Waals surface area contributed by atoms with Crippen molar-refractivity contribution in [2.45, 2.75) is 369 Å². The molecule has 0 aliphatic heterocycles. The van der Waals surface area contributed by atoms with Gasteiger partial charge in [-0.25, -0.2) is 9.13 Å². The predicted molar refractivity (Wildman–Crippen MR) is 363 cm³/mol. The van der Waals surface area contributed by atoms with E-state index < -0.39 is 97.5 Å². The van der Waals surface area contributed by atoms with Crippen molar-refractivity contribution in [1.82, 2.24) is 0 Å². The maximum atomic E-state index is 13.0. The fourth-order valence-electron chi connectivity index (χ4n) is 10.7. The van der Waals surface area contributed by atoms with Crippen LogP contribution >= 0.6 is 15.6 Å². The van der Waals surface area contributed by atoms with Gasteiger partial charge in [-0.15, -0.1) is 0 Å². The van der Waals surface area contributed by atoms with Gasteiger partial charge in [-0.05, 0) is 49.4 Å². The van der Waals surface area contributed by atoms with Gasteiger partial charge in [-0.1, -0.05) is 299 Å². The number of unbranched alkanes of at least 4 members (excludes halogenated alkanes) is 34. The molecule has 0 saturated carbocycles. The highest BCUT2D eigenvalue weighted by Gasteiger charge is 2.30. The summed E-state index contributed by atoms with van der Waals surface area (Å²) in [6, 6.07) is 0. The molecule has 0 aromatic carbocycles. The highest BCUT2D eigenvalue weighted by molar-refractivity contribution is 7.47. The number of esters is 4. The highest BCUT2D eigenvalue weighted by Crippen LogP contribution is 2.45. The zero-order chi connectivity index (χ0) is 66.8. The summed E-state index contributed by atoms with van der Waals surface area (Å²) in [5, 5.41) is 10.6. The molecule has 534 valence electrons. The van der Waals surface area contributed by atoms with Crippen LogP contribution in [0.15, 0.2) is 0 Å². The van der Waals surface area contributed by atoms with Crippen molar-refractivity contribution < 1.29 is 80.2 Å². The van der Waals surface area contributed by atoms with Gasteiger partial charge in [0.2, 0.25) is 0 Å². The summed E-state index contributed by atoms with van der Waals surface area (Å²) >= 11 is 0. The van der Waals surface area contributed by atoms with E-state index in [0.717, 1.165) is 114 Å². The lowest BCUT2D eigenvalue weighted by Gasteiger charge is -2.21. The second kappa shape index (κ2) is 60.7. The number of phosphoric acid groups is 2. The largest absolute Gasteiger partial charge is 0.472 e. The van der Waals surface area contributed by atoms with Crippen LogP contribution in [0.4, 0.5) is 0 Å². The number of carbonyl (C=O) groups is 4. The van der Waals surface area contributed by atoms with Crippen molar-refractivity contribution in [3.05, 3.63) is 0 Å². The van der Waals surface area contributed by atoms with E-state index in [1.54, 1.807) is 0 Å². The first-order chi connectivity index (χ1) is 43.1. The molecule has 17 nitrogen and oxygen atoms in total. The molecule has 0 rings (SSSR count). The fraction of sp³-hybridized carbons (Fsp3) is 0.944. The summed E-state index contributed by atoms with van der Waals surface area (Å²) in [6.45, 7) is 14.1. The Labute approximate surface area is 549 Å². The lowest BCUT2D eigenvalue weighted by Crippen LogP contribution is -2.30. The molecule has 5 atom stereocenters. The Bertz CT molecular complexity index is 1780. The summed E-state index contributed by atoms with van der Waals surface area (Å²) in [6.07, 6.45) is 43.2. The van der Waals surface area contributed by atoms with Gasteiger partial charge >= 0.3 is 39.5 Å². The summed E-state index contributed by atoms with van der Waals surface area (Å²) in [7, 11) is -9.90. The van der Waals surface area contributed by atoms with Crippen molar-refractivity contribution >= 4 is 39.5 Å². The van der Waals surface area contributed by atoms with Crippen molar-refractivity contribution in [3.8, 4) is 0 Å². The van der Waals surface area contributed by atoms with E-state index in [9.17, 15) is 43.2 Å². The van der Waals surface area contributed by atoms with Crippen LogP contribution in [0.2, 0.25) is 0 Å². The number of aliphatic hydroxyl groups excluding tert-OH is 1. The number of hydrogen-bond donors (Lipinski definition) is 3. The summed E-state index contributed by atoms with van der Waals surface area (Å²) in [5.41, 5.74) is 0. The standard InChI is InChI=1S/C71H138O17P2/c1-61(2)47-39-31-23-17-13-11-9-10-12-14-20-27-37-45-53-70(75)87-66(57-81-68(73)51-43-35-26-21-15-18-24-32-40-48-62(3)4)59-85-89(77,78)83-55-65(72)56-84-90(79,80)86-60-67(58-82-69(74)52-44-36-30-29-34-42-50-64(7)8)88-71(76)54-46-38-28-22-16-19-25-33-41-49-63(5)6/h61-67,72H,9-60H2,1-8H3,(H,77,78)(H,79,80)/t65-,66-,67-/m1/s1. The van der Waals surface area contributed by atoms with Crippen LogP contribution in [0.5, 0.6) is 0 Å². The van der Waals surface area contributed by atoms with Gasteiger partial charge in [0, 0.05) is 25.7 Å². The SMILES string of the molecule is CC(C)CCCCCCCCCCCCCCCCC(=O)O[C@H](COC(=O)CCCCCCCCCCCC(C)C)COP(=O)(O)OC[C@@H](O)COP(=O)(O)OC[C@@H](COC(=O)CCCCCCCCC(C)C)OC(=O)CCCCCCCCCCCC(C)C. The van der Waals surface area contributed by atoms with Gasteiger partial charge in [-0.2, -0.15) is 0 Å². The normalized spacial score (nSPS) is 14.3. The summed E-state index contributed by atoms with van der Waals surface area (Å²) in [5.74, 6) is 0.825. The third-order valence-corrected chi connectivity index (χ3v) is 18.2. The predicted octanol–water partition coefficient (Wildman–Crippen LogP) is 20.1. The Kier molecular flexibility index (Phi) is 59.4. The van der Waals surface area contributed by atoms with Crippen LogP contribution in [0.3, 0.4) is 0 Å². The molecule has 0 spiro atoms. The molecule has 3 N–H and O–H groups in total. The summed E-state index contributed by atoms with van der Waals surface area (Å²) < 4.78 is 68.3. The molecule has 0 aromatic rings. The van der Waals surface area contributed by atoms with Gasteiger partial charge in [0.05, 0.1) is 26.4 Å². The molecule has 0 heterocycles. The van der Waals surface area contributed by atoms with E-state index in [1.165, 1.54) is 148 Å². The first-order valence-corrected chi connectivity index (χ1v) is 39.7. The molecular formula is C71H138O17P2. The van der Waals surface area contributed by atoms with Crippen LogP contribution in [0, 0.1) is 23.7 Å². The van der Waals surface area contributed by atoms with Gasteiger partial charge in [0.25, 0.3) is 0 Å². The topological polar surface area (TPSA) is 237 Å². The van der Waals surface area contributed by atoms with Crippen LogP contribution in [-0.2, 0) is 65.4 Å². The number of ether oxygens (including phenoxy) is 4. The molecule has 90 heavy (non-hydrogen) atoms. The number of phosphoric ester groups is 2. The van der Waals surface area contributed by atoms with Crippen molar-refractivity contribution in [1.29, 1.82) is 0 Å². The minimum atomic E-state index is -4.95. The highest BCUT2D eigenvalue weighted by atomic mass is 31.2. The van der Waals surface area contributed by atoms with Gasteiger partial charge in [-0.3, -0.25) is 37.3 Å². The van der Waals surface area contributed by atoms with E-state index in [1.807, 2.05) is 0 Å². The van der Waals surface area contributed by atoms with Gasteiger partial charge in [0.1, 0.15) is 19.3 Å². The first kappa shape index (κ1) is 88.1. The molecular weight excluding hydrogens is 1190 g/mol. The number of carbonyl (C=O) groups excluding carboxylic acids is 4. The maximum Gasteiger partial charge on any atom is 0.472 e. The van der Waals surface area contributed by atoms with E-state index in [0.29, 0.717) is 31.6 Å². The molecule has 0 aliphatic rings. The van der Waals surface area contributed by atoms with Crippen molar-refractivity contribution in [2.75, 3.05) is 39.6 Å². The van der Waals surface area contributed by atoms with Crippen LogP contribution < -0.4 is 0 Å². The Balaban J connectivity index is 5.24. The average molecular weight is 1330 g/mol. The lowest BCUT2D eigenvalue weighted by molar-refractivity contribution is -0.161. The molecule has 0 aromatic heterocycles. The van der Waals surface area contributed by atoms with E-state index in [2.05, 4.69) is 55.4 Å². The zero-order valence-corrected chi connectivity index (χ0v) is 60.6. The fourth-order valence-corrected chi connectivity index (χ4v) is 12.2. The van der Waals surface area contributed by atoms with Crippen molar-refractivity contribution in [3.63, 3.8) is 0 Å². The molecule has 0 aliphatic carbocycles. The van der Waals surface area contributed by atoms with Gasteiger partial charge < -0.3 is 33.8 Å². The zero-order valence-electron chi connectivity index (χ0n) is 58.8. The second-order valence-corrected chi connectivity index (χ2v) is 30.4. The molecule has 2 unspecified atom stereocenters. The van der Waals surface area contributed by atoms with Gasteiger partial charge in [0.15, 0.2) is 12.2 Å². The van der Waals surface area contributed by atoms with Crippen LogP contribution in [0.1, 0.15) is 351 Å². The quantitative estimate of drug-likeness (QED) is 0.0222. The number of rotatable bonds is 68. The Morgan fingerprint density at radius 3 is 0.689 bits per heavy atom. The minimum absolute atomic E-state index is 0.104. The monoisotopic (exact) mass is 1320 g/mol. The summed E-state index contributed by atoms with van der Waals surface area (Å²) in [4.78, 5) is 72.5. The van der Waals surface area contributed by atoms with E-state index in [-0.39, 0.29) is 25.7 Å². The molecule has 0 amide bonds. The molecule has 0 radical (unpaired) electrons. The van der Waals surface area contributed by atoms with Crippen LogP contribution in [-0.4, -0.2) is 96.7 Å². The van der Waals surface area contributed by atoms with E-state index in [4.69, 9.17) is 37.0 Å². The maximum absolute atomic E-state index is 13.0. The molecule has 0 saturated heterocycles. The first-order valence-electron chi connectivity index (χ1n) is 36.7. The lowest BCUT2D eigenvalue weighted by atomic mass is 10.0. The number of aliphatic hydroxyl groups is 1. The average Bonchev–Trinajstić information content (AvgIpc) is 3.14. The second-order valence-electron chi connectivity index (χ2n) is 27.5. The third kappa shape index (κ3) is 64.8.